The van der Waals surface area contributed by atoms with Crippen LogP contribution in [0.2, 0.25) is 0 Å². The van der Waals surface area contributed by atoms with Crippen LogP contribution >= 0.6 is 11.3 Å². The maximum atomic E-state index is 11.0. The topological polar surface area (TPSA) is 65.5 Å². The zero-order chi connectivity index (χ0) is 13.3. The number of piperidine rings is 1. The van der Waals surface area contributed by atoms with Gasteiger partial charge in [0, 0.05) is 12.1 Å². The van der Waals surface area contributed by atoms with E-state index in [0.29, 0.717) is 27.8 Å². The van der Waals surface area contributed by atoms with E-state index in [-0.39, 0.29) is 0 Å². The molecule has 5 nitrogen and oxygen atoms in total. The number of carboxylic acids is 1. The van der Waals surface area contributed by atoms with Crippen molar-refractivity contribution in [2.75, 3.05) is 5.43 Å². The number of rotatable bonds is 3. The largest absolute Gasteiger partial charge is 0.477 e. The summed E-state index contributed by atoms with van der Waals surface area (Å²) in [4.78, 5) is 15.6. The molecular weight excluding hydrogens is 250 g/mol. The van der Waals surface area contributed by atoms with Gasteiger partial charge in [-0.05, 0) is 33.6 Å². The summed E-state index contributed by atoms with van der Waals surface area (Å²) in [6, 6.07) is 0.900. The standard InChI is InChI=1S/C12H19N3O2S/c1-7-5-4-6-8(2)15(7)14-12-13-9(3)10(18-12)11(16)17/h7-8H,4-6H2,1-3H3,(H,13,14)(H,16,17). The maximum Gasteiger partial charge on any atom is 0.347 e. The van der Waals surface area contributed by atoms with Crippen molar-refractivity contribution in [2.45, 2.75) is 52.1 Å². The number of aryl methyl sites for hydroxylation is 1. The lowest BCUT2D eigenvalue weighted by Gasteiger charge is -2.38. The number of carboxylic acid groups (broad SMARTS) is 1. The Kier molecular flexibility index (Phi) is 3.87. The number of nitrogens with zero attached hydrogens (tertiary/aromatic N) is 2. The highest BCUT2D eigenvalue weighted by molar-refractivity contribution is 7.17. The Labute approximate surface area is 111 Å². The third kappa shape index (κ3) is 2.64. The minimum atomic E-state index is -0.905. The number of aromatic nitrogens is 1. The summed E-state index contributed by atoms with van der Waals surface area (Å²) >= 11 is 1.20. The Hall–Kier alpha value is -1.14. The summed E-state index contributed by atoms with van der Waals surface area (Å²) in [6.45, 7) is 6.09. The monoisotopic (exact) mass is 269 g/mol. The molecule has 2 atom stereocenters. The second kappa shape index (κ2) is 5.24. The zero-order valence-electron chi connectivity index (χ0n) is 10.9. The van der Waals surface area contributed by atoms with Crippen LogP contribution in [0.4, 0.5) is 5.13 Å². The molecule has 0 bridgehead atoms. The van der Waals surface area contributed by atoms with Crippen LogP contribution in [0.5, 0.6) is 0 Å². The lowest BCUT2D eigenvalue weighted by molar-refractivity contribution is 0.0701. The highest BCUT2D eigenvalue weighted by Crippen LogP contribution is 2.27. The first-order valence-corrected chi connectivity index (χ1v) is 7.06. The average Bonchev–Trinajstić information content (AvgIpc) is 2.65. The Morgan fingerprint density at radius 3 is 2.56 bits per heavy atom. The van der Waals surface area contributed by atoms with Gasteiger partial charge in [0.05, 0.1) is 5.69 Å². The van der Waals surface area contributed by atoms with E-state index in [4.69, 9.17) is 5.11 Å². The third-order valence-electron chi connectivity index (χ3n) is 3.41. The van der Waals surface area contributed by atoms with E-state index in [1.807, 2.05) is 0 Å². The number of nitrogens with one attached hydrogen (secondary N) is 1. The van der Waals surface area contributed by atoms with E-state index in [2.05, 4.69) is 29.3 Å². The fourth-order valence-electron chi connectivity index (χ4n) is 2.39. The van der Waals surface area contributed by atoms with Gasteiger partial charge in [-0.25, -0.2) is 14.8 Å². The summed E-state index contributed by atoms with van der Waals surface area (Å²) in [6.07, 6.45) is 3.57. The van der Waals surface area contributed by atoms with E-state index in [1.165, 1.54) is 17.8 Å². The fraction of sp³-hybridized carbons (Fsp3) is 0.667. The summed E-state index contributed by atoms with van der Waals surface area (Å²) in [5, 5.41) is 11.9. The summed E-state index contributed by atoms with van der Waals surface area (Å²) in [5.74, 6) is -0.905. The van der Waals surface area contributed by atoms with Crippen molar-refractivity contribution in [3.63, 3.8) is 0 Å². The Bertz CT molecular complexity index is 437. The molecule has 1 fully saturated rings. The maximum absolute atomic E-state index is 11.0. The normalized spacial score (nSPS) is 25.1. The number of anilines is 1. The Morgan fingerprint density at radius 2 is 2.06 bits per heavy atom. The molecule has 6 heteroatoms. The molecule has 0 aliphatic carbocycles. The van der Waals surface area contributed by atoms with E-state index >= 15 is 0 Å². The van der Waals surface area contributed by atoms with E-state index in [1.54, 1.807) is 6.92 Å². The Morgan fingerprint density at radius 1 is 1.44 bits per heavy atom. The fourth-order valence-corrected chi connectivity index (χ4v) is 3.20. The van der Waals surface area contributed by atoms with Crippen molar-refractivity contribution in [3.05, 3.63) is 10.6 Å². The molecular formula is C12H19N3O2S. The van der Waals surface area contributed by atoms with Gasteiger partial charge in [0.1, 0.15) is 4.88 Å². The number of aromatic carboxylic acids is 1. The molecule has 18 heavy (non-hydrogen) atoms. The van der Waals surface area contributed by atoms with Gasteiger partial charge in [0.25, 0.3) is 0 Å². The van der Waals surface area contributed by atoms with E-state index in [0.717, 1.165) is 12.8 Å². The van der Waals surface area contributed by atoms with Crippen molar-refractivity contribution in [1.82, 2.24) is 9.99 Å². The molecule has 1 aromatic rings. The van der Waals surface area contributed by atoms with Gasteiger partial charge in [0.2, 0.25) is 0 Å². The van der Waals surface area contributed by atoms with Crippen LogP contribution in [-0.4, -0.2) is 33.2 Å². The van der Waals surface area contributed by atoms with E-state index in [9.17, 15) is 4.79 Å². The molecule has 100 valence electrons. The third-order valence-corrected chi connectivity index (χ3v) is 4.46. The smallest absolute Gasteiger partial charge is 0.347 e. The molecule has 0 saturated carbocycles. The molecule has 2 rings (SSSR count). The van der Waals surface area contributed by atoms with Gasteiger partial charge >= 0.3 is 5.97 Å². The van der Waals surface area contributed by atoms with Gasteiger partial charge < -0.3 is 5.11 Å². The van der Waals surface area contributed by atoms with Gasteiger partial charge in [-0.1, -0.05) is 17.8 Å². The molecule has 1 aromatic heterocycles. The number of thiazole rings is 1. The second-order valence-electron chi connectivity index (χ2n) is 4.89. The molecule has 0 aromatic carbocycles. The number of hydrogen-bond acceptors (Lipinski definition) is 5. The molecule has 2 heterocycles. The van der Waals surface area contributed by atoms with Crippen molar-refractivity contribution < 1.29 is 9.90 Å². The number of hydrazine groups is 1. The predicted molar refractivity (Wildman–Crippen MR) is 72.0 cm³/mol. The van der Waals surface area contributed by atoms with Crippen molar-refractivity contribution in [2.24, 2.45) is 0 Å². The molecule has 2 N–H and O–H groups in total. The molecule has 0 spiro atoms. The first-order valence-electron chi connectivity index (χ1n) is 6.24. The highest BCUT2D eigenvalue weighted by atomic mass is 32.1. The predicted octanol–water partition coefficient (Wildman–Crippen LogP) is 2.74. The molecule has 0 radical (unpaired) electrons. The van der Waals surface area contributed by atoms with Crippen LogP contribution in [0.25, 0.3) is 0 Å². The quantitative estimate of drug-likeness (QED) is 0.883. The van der Waals surface area contributed by atoms with Crippen LogP contribution in [0.1, 0.15) is 48.5 Å². The summed E-state index contributed by atoms with van der Waals surface area (Å²) < 4.78 is 0. The van der Waals surface area contributed by atoms with Crippen LogP contribution < -0.4 is 5.43 Å². The van der Waals surface area contributed by atoms with Crippen LogP contribution in [0.15, 0.2) is 0 Å². The van der Waals surface area contributed by atoms with Crippen LogP contribution in [0, 0.1) is 6.92 Å². The SMILES string of the molecule is Cc1nc(NN2C(C)CCCC2C)sc1C(=O)O. The van der Waals surface area contributed by atoms with Gasteiger partial charge in [-0.2, -0.15) is 0 Å². The molecule has 2 unspecified atom stereocenters. The van der Waals surface area contributed by atoms with Crippen molar-refractivity contribution >= 4 is 22.4 Å². The first-order chi connectivity index (χ1) is 8.49. The second-order valence-corrected chi connectivity index (χ2v) is 5.89. The van der Waals surface area contributed by atoms with Crippen LogP contribution in [0.3, 0.4) is 0 Å². The molecule has 0 amide bonds. The molecule has 1 saturated heterocycles. The average molecular weight is 269 g/mol. The minimum absolute atomic E-state index is 0.315. The number of hydrogen-bond donors (Lipinski definition) is 2. The first kappa shape index (κ1) is 13.3. The molecule has 1 aliphatic rings. The summed E-state index contributed by atoms with van der Waals surface area (Å²) in [7, 11) is 0. The van der Waals surface area contributed by atoms with Gasteiger partial charge in [-0.15, -0.1) is 0 Å². The zero-order valence-corrected chi connectivity index (χ0v) is 11.8. The summed E-state index contributed by atoms with van der Waals surface area (Å²) in [5.41, 5.74) is 3.85. The van der Waals surface area contributed by atoms with Crippen molar-refractivity contribution in [3.8, 4) is 0 Å². The van der Waals surface area contributed by atoms with E-state index < -0.39 is 5.97 Å². The molecule has 1 aliphatic heterocycles. The Balaban J connectivity index is 2.13. The lowest BCUT2D eigenvalue weighted by atomic mass is 10.00. The lowest BCUT2D eigenvalue weighted by Crippen LogP contribution is -2.47. The van der Waals surface area contributed by atoms with Gasteiger partial charge in [-0.3, -0.25) is 5.43 Å². The highest BCUT2D eigenvalue weighted by Gasteiger charge is 2.26. The van der Waals surface area contributed by atoms with Crippen molar-refractivity contribution in [1.29, 1.82) is 0 Å². The minimum Gasteiger partial charge on any atom is -0.477 e. The van der Waals surface area contributed by atoms with Crippen LogP contribution in [-0.2, 0) is 0 Å². The van der Waals surface area contributed by atoms with Gasteiger partial charge in [0.15, 0.2) is 5.13 Å². The number of carbonyl (C=O) groups is 1.